The summed E-state index contributed by atoms with van der Waals surface area (Å²) in [4.78, 5) is 16.8. The van der Waals surface area contributed by atoms with Gasteiger partial charge in [-0.05, 0) is 31.0 Å². The molecule has 4 rings (SSSR count). The number of rotatable bonds is 6. The van der Waals surface area contributed by atoms with Gasteiger partial charge in [0.1, 0.15) is 11.4 Å². The molecule has 0 bridgehead atoms. The van der Waals surface area contributed by atoms with Gasteiger partial charge in [-0.1, -0.05) is 53.2 Å². The number of nitrogens with one attached hydrogen (secondary N) is 1. The van der Waals surface area contributed by atoms with E-state index in [1.807, 2.05) is 42.6 Å². The van der Waals surface area contributed by atoms with Crippen molar-refractivity contribution >= 4 is 34.6 Å². The molecular formula is C21H18ClN3O2. The topological polar surface area (TPSA) is 62.1 Å². The Morgan fingerprint density at radius 2 is 1.96 bits per heavy atom. The molecule has 0 aliphatic heterocycles. The van der Waals surface area contributed by atoms with Gasteiger partial charge < -0.3 is 14.4 Å². The van der Waals surface area contributed by atoms with E-state index in [-0.39, 0.29) is 0 Å². The van der Waals surface area contributed by atoms with Crippen molar-refractivity contribution in [2.45, 2.75) is 13.3 Å². The molecule has 0 saturated heterocycles. The fraction of sp³-hybridized carbons (Fsp3) is 0.143. The number of carbonyl (C=O) groups is 1. The Morgan fingerprint density at radius 1 is 1.19 bits per heavy atom. The molecule has 0 unspecified atom stereocenters. The van der Waals surface area contributed by atoms with Gasteiger partial charge in [-0.25, -0.2) is 0 Å². The van der Waals surface area contributed by atoms with Crippen LogP contribution >= 0.6 is 11.6 Å². The molecule has 0 saturated carbocycles. The Balaban J connectivity index is 1.65. The molecule has 136 valence electrons. The number of fused-ring (bicyclic) bond motifs is 1. The van der Waals surface area contributed by atoms with Crippen LogP contribution in [0.1, 0.15) is 11.3 Å². The van der Waals surface area contributed by atoms with E-state index in [1.54, 1.807) is 17.9 Å². The van der Waals surface area contributed by atoms with Crippen LogP contribution in [0.25, 0.3) is 22.2 Å². The van der Waals surface area contributed by atoms with Crippen LogP contribution in [0.3, 0.4) is 0 Å². The minimum atomic E-state index is 0.505. The van der Waals surface area contributed by atoms with E-state index in [0.29, 0.717) is 35.1 Å². The Morgan fingerprint density at radius 3 is 2.78 bits per heavy atom. The summed E-state index contributed by atoms with van der Waals surface area (Å²) in [7, 11) is 0. The molecule has 6 heteroatoms. The first-order valence-corrected chi connectivity index (χ1v) is 9.05. The third-order valence-corrected chi connectivity index (χ3v) is 5.00. The van der Waals surface area contributed by atoms with E-state index in [9.17, 15) is 4.79 Å². The van der Waals surface area contributed by atoms with Crippen LogP contribution in [-0.2, 0) is 11.2 Å². The maximum atomic E-state index is 11.9. The second kappa shape index (κ2) is 7.29. The number of nitrogens with zero attached hydrogens (tertiary/aromatic N) is 2. The first kappa shape index (κ1) is 17.4. The number of para-hydroxylation sites is 1. The van der Waals surface area contributed by atoms with Crippen LogP contribution in [0.4, 0.5) is 5.69 Å². The SMILES string of the molecule is Cc1onc(-c2ccccc2Cl)c1N(C=O)CCc1c[nH]c2ccccc12. The van der Waals surface area contributed by atoms with Gasteiger partial charge in [0.15, 0.2) is 5.76 Å². The third-order valence-electron chi connectivity index (χ3n) is 4.67. The molecule has 0 radical (unpaired) electrons. The number of amides is 1. The summed E-state index contributed by atoms with van der Waals surface area (Å²) in [6.45, 7) is 2.30. The van der Waals surface area contributed by atoms with Gasteiger partial charge in [0.25, 0.3) is 0 Å². The first-order valence-electron chi connectivity index (χ1n) is 8.67. The Kier molecular flexibility index (Phi) is 4.69. The number of aromatic nitrogens is 2. The number of carbonyl (C=O) groups excluding carboxylic acids is 1. The second-order valence-corrected chi connectivity index (χ2v) is 6.73. The van der Waals surface area contributed by atoms with E-state index in [2.05, 4.69) is 16.2 Å². The molecule has 0 atom stereocenters. The number of H-pyrrole nitrogens is 1. The van der Waals surface area contributed by atoms with Gasteiger partial charge in [0.2, 0.25) is 6.41 Å². The highest BCUT2D eigenvalue weighted by Crippen LogP contribution is 2.36. The van der Waals surface area contributed by atoms with Crippen molar-refractivity contribution in [2.75, 3.05) is 11.4 Å². The molecule has 1 N–H and O–H groups in total. The summed E-state index contributed by atoms with van der Waals surface area (Å²) < 4.78 is 5.38. The highest BCUT2D eigenvalue weighted by Gasteiger charge is 2.22. The van der Waals surface area contributed by atoms with E-state index < -0.39 is 0 Å². The molecule has 0 fully saturated rings. The van der Waals surface area contributed by atoms with Gasteiger partial charge >= 0.3 is 0 Å². The second-order valence-electron chi connectivity index (χ2n) is 6.32. The summed E-state index contributed by atoms with van der Waals surface area (Å²) in [6.07, 6.45) is 3.51. The van der Waals surface area contributed by atoms with Crippen LogP contribution in [-0.4, -0.2) is 23.1 Å². The minimum Gasteiger partial charge on any atom is -0.361 e. The number of anilines is 1. The van der Waals surface area contributed by atoms with Crippen molar-refractivity contribution in [2.24, 2.45) is 0 Å². The maximum absolute atomic E-state index is 11.9. The highest BCUT2D eigenvalue weighted by molar-refractivity contribution is 6.33. The fourth-order valence-corrected chi connectivity index (χ4v) is 3.56. The third kappa shape index (κ3) is 3.22. The zero-order chi connectivity index (χ0) is 18.8. The number of hydrogen-bond acceptors (Lipinski definition) is 3. The van der Waals surface area contributed by atoms with E-state index in [4.69, 9.17) is 16.1 Å². The van der Waals surface area contributed by atoms with Crippen LogP contribution in [0.2, 0.25) is 5.02 Å². The number of benzene rings is 2. The molecule has 4 aromatic rings. The molecule has 2 aromatic carbocycles. The molecule has 2 aromatic heterocycles. The van der Waals surface area contributed by atoms with Crippen molar-refractivity contribution in [3.8, 4) is 11.3 Å². The fourth-order valence-electron chi connectivity index (χ4n) is 3.33. The lowest BCUT2D eigenvalue weighted by molar-refractivity contribution is -0.107. The van der Waals surface area contributed by atoms with Crippen molar-refractivity contribution < 1.29 is 9.32 Å². The minimum absolute atomic E-state index is 0.505. The smallest absolute Gasteiger partial charge is 0.214 e. The van der Waals surface area contributed by atoms with E-state index in [1.165, 1.54) is 0 Å². The average molecular weight is 380 g/mol. The van der Waals surface area contributed by atoms with Crippen molar-refractivity contribution in [3.05, 3.63) is 71.1 Å². The number of aromatic amines is 1. The molecule has 5 nitrogen and oxygen atoms in total. The molecule has 1 amide bonds. The number of halogens is 1. The highest BCUT2D eigenvalue weighted by atomic mass is 35.5. The first-order chi connectivity index (χ1) is 13.2. The van der Waals surface area contributed by atoms with Crippen molar-refractivity contribution in [1.82, 2.24) is 10.1 Å². The van der Waals surface area contributed by atoms with Crippen LogP contribution < -0.4 is 4.90 Å². The Bertz CT molecular complexity index is 1100. The van der Waals surface area contributed by atoms with Crippen molar-refractivity contribution in [1.29, 1.82) is 0 Å². The van der Waals surface area contributed by atoms with Crippen molar-refractivity contribution in [3.63, 3.8) is 0 Å². The Labute approximate surface area is 161 Å². The van der Waals surface area contributed by atoms with Gasteiger partial charge in [0, 0.05) is 29.2 Å². The summed E-state index contributed by atoms with van der Waals surface area (Å²) in [5.74, 6) is 0.580. The van der Waals surface area contributed by atoms with Gasteiger partial charge in [-0.2, -0.15) is 0 Å². The predicted molar refractivity (Wildman–Crippen MR) is 107 cm³/mol. The van der Waals surface area contributed by atoms with Crippen LogP contribution in [0, 0.1) is 6.92 Å². The van der Waals surface area contributed by atoms with Crippen LogP contribution in [0.5, 0.6) is 0 Å². The summed E-state index contributed by atoms with van der Waals surface area (Å²) in [5.41, 5.74) is 4.21. The monoisotopic (exact) mass is 379 g/mol. The summed E-state index contributed by atoms with van der Waals surface area (Å²) in [6, 6.07) is 15.5. The average Bonchev–Trinajstić information content (AvgIpc) is 3.27. The predicted octanol–water partition coefficient (Wildman–Crippen LogP) is 4.99. The van der Waals surface area contributed by atoms with Gasteiger partial charge in [0.05, 0.1) is 5.02 Å². The zero-order valence-corrected chi connectivity index (χ0v) is 15.5. The maximum Gasteiger partial charge on any atom is 0.214 e. The molecule has 0 aliphatic carbocycles. The normalized spacial score (nSPS) is 11.0. The van der Waals surface area contributed by atoms with E-state index >= 15 is 0 Å². The lowest BCUT2D eigenvalue weighted by Gasteiger charge is -2.17. The summed E-state index contributed by atoms with van der Waals surface area (Å²) >= 11 is 6.32. The van der Waals surface area contributed by atoms with E-state index in [0.717, 1.165) is 28.4 Å². The summed E-state index contributed by atoms with van der Waals surface area (Å²) in [5, 5.41) is 5.87. The quantitative estimate of drug-likeness (QED) is 0.480. The lowest BCUT2D eigenvalue weighted by atomic mass is 10.1. The largest absolute Gasteiger partial charge is 0.361 e. The molecule has 0 spiro atoms. The Hall–Kier alpha value is -3.05. The standard InChI is InChI=1S/C21H18ClN3O2/c1-14-21(20(24-27-14)17-7-2-4-8-18(17)22)25(13-26)11-10-15-12-23-19-9-5-3-6-16(15)19/h2-9,12-13,23H,10-11H2,1H3. The molecule has 27 heavy (non-hydrogen) atoms. The van der Waals surface area contributed by atoms with Gasteiger partial charge in [-0.3, -0.25) is 4.79 Å². The molecular weight excluding hydrogens is 362 g/mol. The zero-order valence-electron chi connectivity index (χ0n) is 14.8. The molecule has 2 heterocycles. The van der Waals surface area contributed by atoms with Crippen LogP contribution in [0.15, 0.2) is 59.3 Å². The lowest BCUT2D eigenvalue weighted by Crippen LogP contribution is -2.24. The molecule has 0 aliphatic rings. The number of hydrogen-bond donors (Lipinski definition) is 1. The number of aryl methyl sites for hydroxylation is 1. The van der Waals surface area contributed by atoms with Gasteiger partial charge in [-0.15, -0.1) is 0 Å².